The fourth-order valence-electron chi connectivity index (χ4n) is 1.66. The van der Waals surface area contributed by atoms with Crippen LogP contribution in [0.5, 0.6) is 0 Å². The molecule has 0 amide bonds. The molecule has 0 saturated heterocycles. The maximum absolute atomic E-state index is 6.02. The molecule has 3 rings (SSSR count). The summed E-state index contributed by atoms with van der Waals surface area (Å²) in [5.41, 5.74) is 3.03. The second-order valence-corrected chi connectivity index (χ2v) is 5.17. The first-order valence-corrected chi connectivity index (χ1v) is 6.53. The minimum atomic E-state index is 0.500. The summed E-state index contributed by atoms with van der Waals surface area (Å²) in [5.74, 6) is 0. The van der Waals surface area contributed by atoms with Gasteiger partial charge in [0, 0.05) is 16.0 Å². The van der Waals surface area contributed by atoms with Crippen molar-refractivity contribution in [2.24, 2.45) is 0 Å². The van der Waals surface area contributed by atoms with E-state index in [9.17, 15) is 0 Å². The van der Waals surface area contributed by atoms with Crippen molar-refractivity contribution >= 4 is 44.8 Å². The van der Waals surface area contributed by atoms with Crippen LogP contribution in [0.15, 0.2) is 36.0 Å². The molecule has 0 spiro atoms. The van der Waals surface area contributed by atoms with E-state index in [1.807, 2.05) is 29.6 Å². The molecule has 0 bridgehead atoms. The summed E-state index contributed by atoms with van der Waals surface area (Å²) in [4.78, 5) is 8.25. The molecule has 0 fully saturated rings. The number of hydrogen-bond donors (Lipinski definition) is 0. The Bertz CT molecular complexity index is 677. The normalized spacial score (nSPS) is 10.9. The highest BCUT2D eigenvalue weighted by Crippen LogP contribution is 2.35. The van der Waals surface area contributed by atoms with Crippen molar-refractivity contribution < 1.29 is 0 Å². The van der Waals surface area contributed by atoms with E-state index in [1.54, 1.807) is 11.3 Å². The number of halogens is 2. The zero-order valence-corrected chi connectivity index (χ0v) is 10.9. The lowest BCUT2D eigenvalue weighted by atomic mass is 10.1. The smallest absolute Gasteiger partial charge is 0.150 e. The molecule has 0 radical (unpaired) electrons. The van der Waals surface area contributed by atoms with Gasteiger partial charge in [0.25, 0.3) is 0 Å². The number of nitrogens with zero attached hydrogens (tertiary/aromatic N) is 2. The maximum Gasteiger partial charge on any atom is 0.150 e. The number of aromatic nitrogens is 2. The molecule has 0 aliphatic heterocycles. The van der Waals surface area contributed by atoms with E-state index in [2.05, 4.69) is 9.97 Å². The molecule has 0 aliphatic carbocycles. The van der Waals surface area contributed by atoms with Crippen LogP contribution < -0.4 is 0 Å². The molecule has 3 aromatic rings. The third kappa shape index (κ3) is 1.90. The average molecular weight is 281 g/mol. The van der Waals surface area contributed by atoms with Gasteiger partial charge < -0.3 is 0 Å². The van der Waals surface area contributed by atoms with Crippen molar-refractivity contribution in [3.63, 3.8) is 0 Å². The van der Waals surface area contributed by atoms with Crippen LogP contribution in [-0.4, -0.2) is 9.97 Å². The highest BCUT2D eigenvalue weighted by molar-refractivity contribution is 7.18. The van der Waals surface area contributed by atoms with E-state index < -0.39 is 0 Å². The highest BCUT2D eigenvalue weighted by Gasteiger charge is 2.10. The van der Waals surface area contributed by atoms with Gasteiger partial charge in [-0.3, -0.25) is 0 Å². The summed E-state index contributed by atoms with van der Waals surface area (Å²) in [6, 6.07) is 7.67. The Balaban J connectivity index is 2.24. The van der Waals surface area contributed by atoms with E-state index in [0.29, 0.717) is 5.15 Å². The van der Waals surface area contributed by atoms with Gasteiger partial charge in [-0.1, -0.05) is 35.3 Å². The van der Waals surface area contributed by atoms with Crippen molar-refractivity contribution in [1.29, 1.82) is 0 Å². The first kappa shape index (κ1) is 11.0. The average Bonchev–Trinajstić information content (AvgIpc) is 2.75. The van der Waals surface area contributed by atoms with E-state index in [0.717, 1.165) is 26.4 Å². The standard InChI is InChI=1S/C12H6Cl2N2S/c13-8-3-1-7(2-4-8)9-5-17-11-10(9)15-6-16-12(11)14/h1-6H. The fourth-order valence-corrected chi connectivity index (χ4v) is 2.96. The van der Waals surface area contributed by atoms with Crippen LogP contribution in [0.25, 0.3) is 21.3 Å². The minimum Gasteiger partial charge on any atom is -0.235 e. The summed E-state index contributed by atoms with van der Waals surface area (Å²) in [7, 11) is 0. The lowest BCUT2D eigenvalue weighted by Crippen LogP contribution is -1.81. The van der Waals surface area contributed by atoms with Gasteiger partial charge in [0.15, 0.2) is 0 Å². The van der Waals surface area contributed by atoms with Gasteiger partial charge in [0.1, 0.15) is 11.5 Å². The molecule has 84 valence electrons. The molecular weight excluding hydrogens is 275 g/mol. The van der Waals surface area contributed by atoms with Crippen molar-refractivity contribution in [1.82, 2.24) is 9.97 Å². The molecule has 5 heteroatoms. The van der Waals surface area contributed by atoms with Crippen LogP contribution in [-0.2, 0) is 0 Å². The predicted octanol–water partition coefficient (Wildman–Crippen LogP) is 4.67. The van der Waals surface area contributed by atoms with E-state index in [4.69, 9.17) is 23.2 Å². The number of hydrogen-bond acceptors (Lipinski definition) is 3. The Morgan fingerprint density at radius 1 is 1.00 bits per heavy atom. The fraction of sp³-hybridized carbons (Fsp3) is 0. The summed E-state index contributed by atoms with van der Waals surface area (Å²) in [6.45, 7) is 0. The van der Waals surface area contributed by atoms with Crippen LogP contribution in [0.2, 0.25) is 10.2 Å². The van der Waals surface area contributed by atoms with Gasteiger partial charge in [0.2, 0.25) is 0 Å². The summed E-state index contributed by atoms with van der Waals surface area (Å²) < 4.78 is 0.916. The first-order chi connectivity index (χ1) is 8.25. The van der Waals surface area contributed by atoms with Gasteiger partial charge in [-0.25, -0.2) is 9.97 Å². The Kier molecular flexibility index (Phi) is 2.74. The number of benzene rings is 1. The molecule has 1 aromatic carbocycles. The van der Waals surface area contributed by atoms with Crippen LogP contribution >= 0.6 is 34.5 Å². The lowest BCUT2D eigenvalue weighted by molar-refractivity contribution is 1.23. The molecule has 0 N–H and O–H groups in total. The van der Waals surface area contributed by atoms with E-state index in [-0.39, 0.29) is 0 Å². The van der Waals surface area contributed by atoms with Gasteiger partial charge in [-0.05, 0) is 17.7 Å². The molecule has 2 aromatic heterocycles. The SMILES string of the molecule is Clc1ccc(-c2csc3c(Cl)ncnc23)cc1. The van der Waals surface area contributed by atoms with Gasteiger partial charge in [-0.15, -0.1) is 11.3 Å². The zero-order chi connectivity index (χ0) is 11.8. The van der Waals surface area contributed by atoms with Crippen LogP contribution in [0.4, 0.5) is 0 Å². The Labute approximate surface area is 112 Å². The quantitative estimate of drug-likeness (QED) is 0.606. The van der Waals surface area contributed by atoms with Crippen molar-refractivity contribution in [3.8, 4) is 11.1 Å². The van der Waals surface area contributed by atoms with Crippen LogP contribution in [0.1, 0.15) is 0 Å². The van der Waals surface area contributed by atoms with E-state index >= 15 is 0 Å². The molecule has 2 nitrogen and oxygen atoms in total. The third-order valence-electron chi connectivity index (χ3n) is 2.47. The molecular formula is C12H6Cl2N2S. The summed E-state index contributed by atoms with van der Waals surface area (Å²) in [5, 5.41) is 3.26. The highest BCUT2D eigenvalue weighted by atomic mass is 35.5. The van der Waals surface area contributed by atoms with Gasteiger partial charge in [-0.2, -0.15) is 0 Å². The Morgan fingerprint density at radius 2 is 1.76 bits per heavy atom. The second-order valence-electron chi connectivity index (χ2n) is 3.50. The third-order valence-corrected chi connectivity index (χ3v) is 4.09. The zero-order valence-electron chi connectivity index (χ0n) is 8.52. The van der Waals surface area contributed by atoms with Crippen LogP contribution in [0, 0.1) is 0 Å². The molecule has 0 unspecified atom stereocenters. The molecule has 0 saturated carbocycles. The Hall–Kier alpha value is -1.16. The Morgan fingerprint density at radius 3 is 2.53 bits per heavy atom. The predicted molar refractivity (Wildman–Crippen MR) is 72.9 cm³/mol. The maximum atomic E-state index is 6.02. The molecule has 0 atom stereocenters. The molecule has 2 heterocycles. The van der Waals surface area contributed by atoms with E-state index in [1.165, 1.54) is 6.33 Å². The second kappa shape index (κ2) is 4.26. The number of rotatable bonds is 1. The molecule has 0 aliphatic rings. The van der Waals surface area contributed by atoms with Gasteiger partial charge >= 0.3 is 0 Å². The number of thiophene rings is 1. The summed E-state index contributed by atoms with van der Waals surface area (Å²) >= 11 is 13.4. The van der Waals surface area contributed by atoms with Gasteiger partial charge in [0.05, 0.1) is 10.2 Å². The van der Waals surface area contributed by atoms with Crippen LogP contribution in [0.3, 0.4) is 0 Å². The van der Waals surface area contributed by atoms with Crippen molar-refractivity contribution in [3.05, 3.63) is 46.1 Å². The lowest BCUT2D eigenvalue weighted by Gasteiger charge is -1.99. The topological polar surface area (TPSA) is 25.8 Å². The largest absolute Gasteiger partial charge is 0.235 e. The first-order valence-electron chi connectivity index (χ1n) is 4.89. The molecule has 17 heavy (non-hydrogen) atoms. The minimum absolute atomic E-state index is 0.500. The summed E-state index contributed by atoms with van der Waals surface area (Å²) in [6.07, 6.45) is 1.48. The monoisotopic (exact) mass is 280 g/mol. The van der Waals surface area contributed by atoms with Crippen molar-refractivity contribution in [2.75, 3.05) is 0 Å². The van der Waals surface area contributed by atoms with Crippen molar-refractivity contribution in [2.45, 2.75) is 0 Å². The number of fused-ring (bicyclic) bond motifs is 1.